The number of carbonyl (C=O) groups is 2. The van der Waals surface area contributed by atoms with E-state index in [-0.39, 0.29) is 11.8 Å². The zero-order valence-corrected chi connectivity index (χ0v) is 15.8. The maximum Gasteiger partial charge on any atom is 0.237 e. The van der Waals surface area contributed by atoms with Crippen molar-refractivity contribution in [3.63, 3.8) is 0 Å². The first-order chi connectivity index (χ1) is 13.1. The van der Waals surface area contributed by atoms with Crippen molar-refractivity contribution in [2.75, 3.05) is 25.0 Å². The lowest BCUT2D eigenvalue weighted by molar-refractivity contribution is -0.124. The van der Waals surface area contributed by atoms with Crippen molar-refractivity contribution in [2.45, 2.75) is 31.1 Å². The maximum absolute atomic E-state index is 13.3. The van der Waals surface area contributed by atoms with Crippen LogP contribution in [0.5, 0.6) is 0 Å². The van der Waals surface area contributed by atoms with Gasteiger partial charge in [-0.15, -0.1) is 0 Å². The Kier molecular flexibility index (Phi) is 5.91. The van der Waals surface area contributed by atoms with Crippen LogP contribution in [-0.4, -0.2) is 32.0 Å². The normalized spacial score (nSPS) is 18.4. The molecular formula is C22H27N3O2. The van der Waals surface area contributed by atoms with Gasteiger partial charge in [-0.05, 0) is 43.0 Å². The van der Waals surface area contributed by atoms with Gasteiger partial charge in [0.05, 0.1) is 5.41 Å². The van der Waals surface area contributed by atoms with Crippen molar-refractivity contribution in [1.82, 2.24) is 5.32 Å². The fourth-order valence-electron chi connectivity index (χ4n) is 3.91. The SMILES string of the molecule is CN1C(=O)C(CCC(=O)NCCCN)(Cc2ccccc2)c2ccccc21. The van der Waals surface area contributed by atoms with Gasteiger partial charge in [0.1, 0.15) is 0 Å². The molecule has 0 fully saturated rings. The van der Waals surface area contributed by atoms with Gasteiger partial charge in [-0.3, -0.25) is 9.59 Å². The van der Waals surface area contributed by atoms with Crippen molar-refractivity contribution in [3.8, 4) is 0 Å². The number of benzene rings is 2. The van der Waals surface area contributed by atoms with Crippen molar-refractivity contribution in [2.24, 2.45) is 5.73 Å². The Morgan fingerprint density at radius 3 is 2.56 bits per heavy atom. The van der Waals surface area contributed by atoms with E-state index in [4.69, 9.17) is 5.73 Å². The quantitative estimate of drug-likeness (QED) is 0.705. The number of likely N-dealkylation sites (N-methyl/N-ethyl adjacent to an activating group) is 1. The van der Waals surface area contributed by atoms with Gasteiger partial charge in [0.25, 0.3) is 0 Å². The molecule has 0 aliphatic carbocycles. The van der Waals surface area contributed by atoms with Crippen LogP contribution in [0.4, 0.5) is 5.69 Å². The number of hydrogen-bond donors (Lipinski definition) is 2. The fourth-order valence-corrected chi connectivity index (χ4v) is 3.91. The molecule has 3 rings (SSSR count). The predicted octanol–water partition coefficient (Wildman–Crippen LogP) is 2.39. The van der Waals surface area contributed by atoms with Crippen LogP contribution in [0, 0.1) is 0 Å². The molecule has 0 saturated heterocycles. The number of carbonyl (C=O) groups excluding carboxylic acids is 2. The summed E-state index contributed by atoms with van der Waals surface area (Å²) in [5.74, 6) is 0.0260. The van der Waals surface area contributed by atoms with Crippen LogP contribution >= 0.6 is 0 Å². The van der Waals surface area contributed by atoms with E-state index in [1.165, 1.54) is 0 Å². The number of nitrogens with two attached hydrogens (primary N) is 1. The van der Waals surface area contributed by atoms with Gasteiger partial charge in [0.15, 0.2) is 0 Å². The molecule has 142 valence electrons. The lowest BCUT2D eigenvalue weighted by Gasteiger charge is -2.28. The van der Waals surface area contributed by atoms with Gasteiger partial charge in [-0.1, -0.05) is 48.5 Å². The number of para-hydroxylation sites is 1. The molecule has 0 saturated carbocycles. The number of anilines is 1. The minimum absolute atomic E-state index is 0.0317. The number of fused-ring (bicyclic) bond motifs is 1. The highest BCUT2D eigenvalue weighted by molar-refractivity contribution is 6.08. The van der Waals surface area contributed by atoms with E-state index in [1.807, 2.05) is 61.6 Å². The van der Waals surface area contributed by atoms with E-state index >= 15 is 0 Å². The topological polar surface area (TPSA) is 75.4 Å². The lowest BCUT2D eigenvalue weighted by Crippen LogP contribution is -2.41. The lowest BCUT2D eigenvalue weighted by atomic mass is 9.73. The molecule has 27 heavy (non-hydrogen) atoms. The Labute approximate surface area is 160 Å². The molecule has 0 radical (unpaired) electrons. The molecular weight excluding hydrogens is 338 g/mol. The third kappa shape index (κ3) is 3.88. The molecule has 1 atom stereocenters. The van der Waals surface area contributed by atoms with Crippen molar-refractivity contribution in [1.29, 1.82) is 0 Å². The first-order valence-electron chi connectivity index (χ1n) is 9.47. The zero-order valence-electron chi connectivity index (χ0n) is 15.8. The molecule has 0 aromatic heterocycles. The van der Waals surface area contributed by atoms with Crippen molar-refractivity contribution < 1.29 is 9.59 Å². The summed E-state index contributed by atoms with van der Waals surface area (Å²) < 4.78 is 0. The van der Waals surface area contributed by atoms with Gasteiger partial charge < -0.3 is 16.0 Å². The van der Waals surface area contributed by atoms with Gasteiger partial charge in [0.2, 0.25) is 11.8 Å². The zero-order chi connectivity index (χ0) is 19.3. The largest absolute Gasteiger partial charge is 0.356 e. The third-order valence-electron chi connectivity index (χ3n) is 5.33. The summed E-state index contributed by atoms with van der Waals surface area (Å²) >= 11 is 0. The Hall–Kier alpha value is -2.66. The first kappa shape index (κ1) is 19.1. The van der Waals surface area contributed by atoms with Crippen LogP contribution in [0.3, 0.4) is 0 Å². The molecule has 1 unspecified atom stereocenters. The Morgan fingerprint density at radius 2 is 1.81 bits per heavy atom. The highest BCUT2D eigenvalue weighted by Gasteiger charge is 2.49. The van der Waals surface area contributed by atoms with E-state index in [9.17, 15) is 9.59 Å². The molecule has 2 aromatic carbocycles. The summed E-state index contributed by atoms with van der Waals surface area (Å²) in [6.45, 7) is 1.13. The second-order valence-corrected chi connectivity index (χ2v) is 7.12. The van der Waals surface area contributed by atoms with Crippen LogP contribution < -0.4 is 16.0 Å². The molecule has 1 aliphatic rings. The second-order valence-electron chi connectivity index (χ2n) is 7.12. The van der Waals surface area contributed by atoms with Gasteiger partial charge >= 0.3 is 0 Å². The van der Waals surface area contributed by atoms with E-state index in [1.54, 1.807) is 4.90 Å². The average Bonchev–Trinajstić information content (AvgIpc) is 2.90. The molecule has 2 aromatic rings. The summed E-state index contributed by atoms with van der Waals surface area (Å²) in [4.78, 5) is 27.4. The average molecular weight is 365 g/mol. The third-order valence-corrected chi connectivity index (χ3v) is 5.33. The molecule has 1 heterocycles. The Balaban J connectivity index is 1.89. The monoisotopic (exact) mass is 365 g/mol. The number of rotatable bonds is 8. The molecule has 5 nitrogen and oxygen atoms in total. The molecule has 3 N–H and O–H groups in total. The molecule has 0 bridgehead atoms. The summed E-state index contributed by atoms with van der Waals surface area (Å²) in [6.07, 6.45) is 2.14. The van der Waals surface area contributed by atoms with Crippen LogP contribution in [0.15, 0.2) is 54.6 Å². The first-order valence-corrected chi connectivity index (χ1v) is 9.47. The van der Waals surface area contributed by atoms with Crippen molar-refractivity contribution in [3.05, 3.63) is 65.7 Å². The van der Waals surface area contributed by atoms with E-state index < -0.39 is 5.41 Å². The fraction of sp³-hybridized carbons (Fsp3) is 0.364. The van der Waals surface area contributed by atoms with E-state index in [0.29, 0.717) is 32.4 Å². The van der Waals surface area contributed by atoms with E-state index in [0.717, 1.165) is 23.2 Å². The number of nitrogens with one attached hydrogen (secondary N) is 1. The minimum atomic E-state index is -0.710. The molecule has 5 heteroatoms. The summed E-state index contributed by atoms with van der Waals surface area (Å²) in [5, 5.41) is 2.89. The summed E-state index contributed by atoms with van der Waals surface area (Å²) in [6, 6.07) is 17.9. The Morgan fingerprint density at radius 1 is 1.11 bits per heavy atom. The van der Waals surface area contributed by atoms with Gasteiger partial charge in [-0.2, -0.15) is 0 Å². The maximum atomic E-state index is 13.3. The van der Waals surface area contributed by atoms with Crippen LogP contribution in [0.2, 0.25) is 0 Å². The summed E-state index contributed by atoms with van der Waals surface area (Å²) in [7, 11) is 1.81. The predicted molar refractivity (Wildman–Crippen MR) is 108 cm³/mol. The summed E-state index contributed by atoms with van der Waals surface area (Å²) in [5.41, 5.74) is 7.81. The molecule has 1 aliphatic heterocycles. The smallest absolute Gasteiger partial charge is 0.237 e. The second kappa shape index (κ2) is 8.35. The van der Waals surface area contributed by atoms with Crippen LogP contribution in [-0.2, 0) is 21.4 Å². The van der Waals surface area contributed by atoms with E-state index in [2.05, 4.69) is 5.32 Å². The highest BCUT2D eigenvalue weighted by Crippen LogP contribution is 2.46. The number of nitrogens with zero attached hydrogens (tertiary/aromatic N) is 1. The van der Waals surface area contributed by atoms with Crippen LogP contribution in [0.1, 0.15) is 30.4 Å². The van der Waals surface area contributed by atoms with Gasteiger partial charge in [-0.25, -0.2) is 0 Å². The standard InChI is InChI=1S/C22H27N3O2/c1-25-19-11-6-5-10-18(19)22(21(25)27,16-17-8-3-2-4-9-17)13-12-20(26)24-15-7-14-23/h2-6,8-11H,7,12-16,23H2,1H3,(H,24,26). The highest BCUT2D eigenvalue weighted by atomic mass is 16.2. The molecule has 0 spiro atoms. The van der Waals surface area contributed by atoms with Gasteiger partial charge in [0, 0.05) is 25.7 Å². The Bertz CT molecular complexity index is 806. The van der Waals surface area contributed by atoms with Crippen molar-refractivity contribution >= 4 is 17.5 Å². The molecule has 2 amide bonds. The minimum Gasteiger partial charge on any atom is -0.356 e. The number of hydrogen-bond acceptors (Lipinski definition) is 3. The number of amides is 2. The van der Waals surface area contributed by atoms with Crippen LogP contribution in [0.25, 0.3) is 0 Å².